The molecule has 0 fully saturated rings. The van der Waals surface area contributed by atoms with Gasteiger partial charge < -0.3 is 9.16 Å². The predicted octanol–water partition coefficient (Wildman–Crippen LogP) is 4.70. The summed E-state index contributed by atoms with van der Waals surface area (Å²) in [4.78, 5) is 0. The van der Waals surface area contributed by atoms with Crippen molar-refractivity contribution in [2.24, 2.45) is 0 Å². The lowest BCUT2D eigenvalue weighted by molar-refractivity contribution is 0.0282. The zero-order chi connectivity index (χ0) is 14.8. The van der Waals surface area contributed by atoms with Crippen molar-refractivity contribution in [3.63, 3.8) is 0 Å². The first-order chi connectivity index (χ1) is 9.29. The van der Waals surface area contributed by atoms with Crippen molar-refractivity contribution in [1.82, 2.24) is 0 Å². The first kappa shape index (κ1) is 15.5. The Morgan fingerprint density at radius 3 is 2.35 bits per heavy atom. The Balaban J connectivity index is 1.88. The molecule has 20 heavy (non-hydrogen) atoms. The third kappa shape index (κ3) is 3.60. The molecule has 1 aromatic rings. The van der Waals surface area contributed by atoms with Crippen molar-refractivity contribution in [2.45, 2.75) is 51.1 Å². The minimum absolute atomic E-state index is 0.0733. The van der Waals surface area contributed by atoms with E-state index < -0.39 is 8.32 Å². The summed E-state index contributed by atoms with van der Waals surface area (Å²) in [5.74, 6) is 0. The molecule has 1 aliphatic rings. The molecule has 110 valence electrons. The monoisotopic (exact) mass is 290 g/mol. The first-order valence-corrected chi connectivity index (χ1v) is 10.2. The molecule has 0 aromatic heterocycles. The van der Waals surface area contributed by atoms with E-state index >= 15 is 0 Å². The van der Waals surface area contributed by atoms with E-state index in [2.05, 4.69) is 58.2 Å². The number of benzene rings is 1. The Hall–Kier alpha value is -0.903. The van der Waals surface area contributed by atoms with Gasteiger partial charge in [-0.15, -0.1) is 0 Å². The first-order valence-electron chi connectivity index (χ1n) is 7.32. The van der Waals surface area contributed by atoms with E-state index in [-0.39, 0.29) is 17.2 Å². The van der Waals surface area contributed by atoms with E-state index in [1.165, 1.54) is 5.56 Å². The van der Waals surface area contributed by atoms with E-state index in [0.717, 1.165) is 0 Å². The summed E-state index contributed by atoms with van der Waals surface area (Å²) in [6, 6.07) is 10.3. The Bertz CT molecular complexity index is 460. The molecule has 1 aliphatic heterocycles. The fourth-order valence-electron chi connectivity index (χ4n) is 1.94. The van der Waals surface area contributed by atoms with Crippen LogP contribution in [0.2, 0.25) is 18.1 Å². The summed E-state index contributed by atoms with van der Waals surface area (Å²) in [6.07, 6.45) is 4.42. The van der Waals surface area contributed by atoms with Crippen molar-refractivity contribution >= 4 is 8.32 Å². The van der Waals surface area contributed by atoms with Gasteiger partial charge in [-0.2, -0.15) is 0 Å². The highest BCUT2D eigenvalue weighted by atomic mass is 28.4. The molecule has 2 nitrogen and oxygen atoms in total. The second-order valence-corrected chi connectivity index (χ2v) is 11.8. The van der Waals surface area contributed by atoms with Crippen LogP contribution in [-0.2, 0) is 9.16 Å². The molecule has 0 aliphatic carbocycles. The van der Waals surface area contributed by atoms with Crippen LogP contribution < -0.4 is 0 Å². The normalized spacial score (nSPS) is 23.2. The van der Waals surface area contributed by atoms with Gasteiger partial charge in [0, 0.05) is 0 Å². The summed E-state index contributed by atoms with van der Waals surface area (Å²) in [5.41, 5.74) is 1.21. The fraction of sp³-hybridized carbons (Fsp3) is 0.529. The maximum Gasteiger partial charge on any atom is 0.192 e. The Labute approximate surface area is 123 Å². The molecule has 0 unspecified atom stereocenters. The zero-order valence-electron chi connectivity index (χ0n) is 13.2. The van der Waals surface area contributed by atoms with Crippen molar-refractivity contribution in [1.29, 1.82) is 0 Å². The number of hydrogen-bond donors (Lipinski definition) is 0. The molecule has 1 aromatic carbocycles. The maximum atomic E-state index is 6.22. The van der Waals surface area contributed by atoms with Gasteiger partial charge in [0.15, 0.2) is 8.32 Å². The largest absolute Gasteiger partial charge is 0.414 e. The number of rotatable bonds is 4. The standard InChI is InChI=1S/C17H26O2Si/c1-17(2,3)20(4,5)18-13-15-11-12-16(19-15)14-9-7-6-8-10-14/h6-12,15-16H,13H2,1-5H3/t15-,16+/m0/s1. The lowest BCUT2D eigenvalue weighted by Crippen LogP contribution is -2.42. The van der Waals surface area contributed by atoms with Crippen LogP contribution in [0.5, 0.6) is 0 Å². The summed E-state index contributed by atoms with van der Waals surface area (Å²) in [5, 5.41) is 0.244. The average Bonchev–Trinajstić information content (AvgIpc) is 2.85. The number of ether oxygens (including phenoxy) is 1. The van der Waals surface area contributed by atoms with Crippen LogP contribution in [0.15, 0.2) is 42.5 Å². The van der Waals surface area contributed by atoms with Gasteiger partial charge in [0.25, 0.3) is 0 Å². The van der Waals surface area contributed by atoms with Gasteiger partial charge in [-0.25, -0.2) is 0 Å². The van der Waals surface area contributed by atoms with Gasteiger partial charge in [0.2, 0.25) is 0 Å². The third-order valence-corrected chi connectivity index (χ3v) is 8.87. The molecule has 1 heterocycles. The SMILES string of the molecule is CC(C)(C)[Si](C)(C)OC[C@@H]1C=C[C@H](c2ccccc2)O1. The van der Waals surface area contributed by atoms with Gasteiger partial charge in [-0.05, 0) is 23.7 Å². The molecule has 2 atom stereocenters. The topological polar surface area (TPSA) is 18.5 Å². The van der Waals surface area contributed by atoms with Crippen molar-refractivity contribution in [3.8, 4) is 0 Å². The molecule has 3 heteroatoms. The lowest BCUT2D eigenvalue weighted by atomic mass is 10.1. The van der Waals surface area contributed by atoms with E-state index in [9.17, 15) is 0 Å². The van der Waals surface area contributed by atoms with Gasteiger partial charge in [-0.1, -0.05) is 63.3 Å². The predicted molar refractivity (Wildman–Crippen MR) is 86.3 cm³/mol. The Kier molecular flexibility index (Phi) is 4.52. The molecule has 0 spiro atoms. The molecule has 0 N–H and O–H groups in total. The molecule has 2 rings (SSSR count). The van der Waals surface area contributed by atoms with Crippen molar-refractivity contribution in [2.75, 3.05) is 6.61 Å². The quantitative estimate of drug-likeness (QED) is 0.591. The van der Waals surface area contributed by atoms with Gasteiger partial charge in [0.1, 0.15) is 6.10 Å². The van der Waals surface area contributed by atoms with Crippen molar-refractivity contribution in [3.05, 3.63) is 48.0 Å². The van der Waals surface area contributed by atoms with Crippen LogP contribution in [-0.4, -0.2) is 21.0 Å². The van der Waals surface area contributed by atoms with Crippen LogP contribution in [0, 0.1) is 0 Å². The van der Waals surface area contributed by atoms with Gasteiger partial charge in [0.05, 0.1) is 12.7 Å². The van der Waals surface area contributed by atoms with Crippen molar-refractivity contribution < 1.29 is 9.16 Å². The highest BCUT2D eigenvalue weighted by Gasteiger charge is 2.38. The fourth-order valence-corrected chi connectivity index (χ4v) is 2.95. The van der Waals surface area contributed by atoms with Crippen LogP contribution in [0.4, 0.5) is 0 Å². The highest BCUT2D eigenvalue weighted by molar-refractivity contribution is 6.74. The van der Waals surface area contributed by atoms with E-state index in [4.69, 9.17) is 9.16 Å². The summed E-state index contributed by atoms with van der Waals surface area (Å²) in [6.45, 7) is 12.0. The third-order valence-electron chi connectivity index (χ3n) is 4.36. The average molecular weight is 290 g/mol. The molecule has 0 bridgehead atoms. The summed E-state index contributed by atoms with van der Waals surface area (Å²) < 4.78 is 12.3. The van der Waals surface area contributed by atoms with Gasteiger partial charge in [-0.3, -0.25) is 0 Å². The highest BCUT2D eigenvalue weighted by Crippen LogP contribution is 2.37. The van der Waals surface area contributed by atoms with Gasteiger partial charge >= 0.3 is 0 Å². The van der Waals surface area contributed by atoms with Crippen LogP contribution in [0.1, 0.15) is 32.4 Å². The maximum absolute atomic E-state index is 6.22. The molecular weight excluding hydrogens is 264 g/mol. The molecule has 0 saturated heterocycles. The smallest absolute Gasteiger partial charge is 0.192 e. The zero-order valence-corrected chi connectivity index (χ0v) is 14.2. The minimum atomic E-state index is -1.69. The van der Waals surface area contributed by atoms with E-state index in [1.54, 1.807) is 0 Å². The minimum Gasteiger partial charge on any atom is -0.414 e. The second-order valence-electron chi connectivity index (χ2n) is 6.96. The summed E-state index contributed by atoms with van der Waals surface area (Å²) in [7, 11) is -1.69. The van der Waals surface area contributed by atoms with Crippen LogP contribution in [0.3, 0.4) is 0 Å². The molecular formula is C17H26O2Si. The van der Waals surface area contributed by atoms with E-state index in [1.807, 2.05) is 18.2 Å². The van der Waals surface area contributed by atoms with Crippen LogP contribution >= 0.6 is 0 Å². The van der Waals surface area contributed by atoms with E-state index in [0.29, 0.717) is 6.61 Å². The molecule has 0 amide bonds. The number of hydrogen-bond acceptors (Lipinski definition) is 2. The Morgan fingerprint density at radius 2 is 1.75 bits per heavy atom. The Morgan fingerprint density at radius 1 is 1.10 bits per heavy atom. The summed E-state index contributed by atoms with van der Waals surface area (Å²) >= 11 is 0. The van der Waals surface area contributed by atoms with Crippen LogP contribution in [0.25, 0.3) is 0 Å². The molecule has 0 radical (unpaired) electrons. The second kappa shape index (κ2) is 5.84. The molecule has 0 saturated carbocycles. The lowest BCUT2D eigenvalue weighted by Gasteiger charge is -2.36.